The minimum atomic E-state index is -0.295. The first kappa shape index (κ1) is 13.0. The summed E-state index contributed by atoms with van der Waals surface area (Å²) in [6, 6.07) is 7.22. The van der Waals surface area contributed by atoms with Crippen molar-refractivity contribution in [3.8, 4) is 0 Å². The van der Waals surface area contributed by atoms with Crippen molar-refractivity contribution in [1.29, 1.82) is 0 Å². The van der Waals surface area contributed by atoms with Crippen LogP contribution < -0.4 is 11.3 Å². The van der Waals surface area contributed by atoms with Crippen molar-refractivity contribution < 1.29 is 14.3 Å². The molecule has 1 aromatic rings. The highest BCUT2D eigenvalue weighted by Gasteiger charge is 2.15. The normalized spacial score (nSPS) is 18.8. The van der Waals surface area contributed by atoms with Gasteiger partial charge in [-0.05, 0) is 30.5 Å². The molecule has 0 aliphatic carbocycles. The van der Waals surface area contributed by atoms with E-state index in [4.69, 9.17) is 15.3 Å². The van der Waals surface area contributed by atoms with E-state index in [0.717, 1.165) is 25.0 Å². The molecule has 3 N–H and O–H groups in total. The lowest BCUT2D eigenvalue weighted by molar-refractivity contribution is 0.0106. The number of nitrogens with one attached hydrogen (secondary N) is 1. The predicted octanol–water partition coefficient (Wildman–Crippen LogP) is 0.986. The Balaban J connectivity index is 1.83. The number of carbonyl (C=O) groups is 1. The number of carbonyl (C=O) groups excluding carboxylic acids is 1. The standard InChI is InChI=1S/C13H18N2O3/c14-15-13(16)11-4-1-3-10(7-11)8-17-9-12-5-2-6-18-12/h1,3-4,7,12H,2,5-6,8-9,14H2,(H,15,16). The van der Waals surface area contributed by atoms with Crippen molar-refractivity contribution in [3.05, 3.63) is 35.4 Å². The summed E-state index contributed by atoms with van der Waals surface area (Å²) in [5.74, 6) is 4.79. The summed E-state index contributed by atoms with van der Waals surface area (Å²) in [7, 11) is 0. The van der Waals surface area contributed by atoms with Crippen LogP contribution in [0.25, 0.3) is 0 Å². The van der Waals surface area contributed by atoms with E-state index in [1.54, 1.807) is 12.1 Å². The fourth-order valence-electron chi connectivity index (χ4n) is 1.97. The Morgan fingerprint density at radius 1 is 1.56 bits per heavy atom. The molecule has 98 valence electrons. The molecule has 1 aliphatic rings. The van der Waals surface area contributed by atoms with E-state index in [-0.39, 0.29) is 12.0 Å². The summed E-state index contributed by atoms with van der Waals surface area (Å²) >= 11 is 0. The van der Waals surface area contributed by atoms with Gasteiger partial charge < -0.3 is 9.47 Å². The van der Waals surface area contributed by atoms with Crippen LogP contribution >= 0.6 is 0 Å². The van der Waals surface area contributed by atoms with Crippen LogP contribution in [0.1, 0.15) is 28.8 Å². The van der Waals surface area contributed by atoms with E-state index in [1.807, 2.05) is 12.1 Å². The molecule has 1 fully saturated rings. The van der Waals surface area contributed by atoms with E-state index >= 15 is 0 Å². The predicted molar refractivity (Wildman–Crippen MR) is 66.7 cm³/mol. The van der Waals surface area contributed by atoms with E-state index in [1.165, 1.54) is 0 Å². The van der Waals surface area contributed by atoms with Crippen LogP contribution in [0.15, 0.2) is 24.3 Å². The second kappa shape index (κ2) is 6.49. The fraction of sp³-hybridized carbons (Fsp3) is 0.462. The number of amides is 1. The molecule has 0 aromatic heterocycles. The third-order valence-electron chi connectivity index (χ3n) is 2.92. The molecule has 0 radical (unpaired) electrons. The molecule has 18 heavy (non-hydrogen) atoms. The third kappa shape index (κ3) is 3.53. The average molecular weight is 250 g/mol. The largest absolute Gasteiger partial charge is 0.376 e. The zero-order chi connectivity index (χ0) is 12.8. The van der Waals surface area contributed by atoms with Crippen molar-refractivity contribution in [2.45, 2.75) is 25.6 Å². The second-order valence-corrected chi connectivity index (χ2v) is 4.32. The van der Waals surface area contributed by atoms with Gasteiger partial charge in [0.25, 0.3) is 5.91 Å². The zero-order valence-electron chi connectivity index (χ0n) is 10.2. The molecule has 1 aliphatic heterocycles. The van der Waals surface area contributed by atoms with Gasteiger partial charge in [-0.1, -0.05) is 12.1 Å². The van der Waals surface area contributed by atoms with Gasteiger partial charge >= 0.3 is 0 Å². The molecular formula is C13H18N2O3. The highest BCUT2D eigenvalue weighted by atomic mass is 16.5. The molecule has 1 saturated heterocycles. The molecule has 1 heterocycles. The lowest BCUT2D eigenvalue weighted by Gasteiger charge is -2.10. The topological polar surface area (TPSA) is 73.6 Å². The van der Waals surface area contributed by atoms with E-state index < -0.39 is 0 Å². The summed E-state index contributed by atoms with van der Waals surface area (Å²) in [5, 5.41) is 0. The number of hydrazine groups is 1. The van der Waals surface area contributed by atoms with Crippen LogP contribution in [0.5, 0.6) is 0 Å². The van der Waals surface area contributed by atoms with Crippen LogP contribution in [0, 0.1) is 0 Å². The molecule has 5 heteroatoms. The zero-order valence-corrected chi connectivity index (χ0v) is 10.2. The maximum Gasteiger partial charge on any atom is 0.265 e. The smallest absolute Gasteiger partial charge is 0.265 e. The van der Waals surface area contributed by atoms with Gasteiger partial charge in [0.15, 0.2) is 0 Å². The minimum absolute atomic E-state index is 0.223. The number of benzene rings is 1. The molecule has 1 amide bonds. The van der Waals surface area contributed by atoms with Crippen molar-refractivity contribution >= 4 is 5.91 Å². The van der Waals surface area contributed by atoms with Gasteiger partial charge in [0, 0.05) is 12.2 Å². The fourth-order valence-corrected chi connectivity index (χ4v) is 1.97. The Labute approximate surface area is 106 Å². The molecule has 0 spiro atoms. The van der Waals surface area contributed by atoms with Crippen LogP contribution in [-0.4, -0.2) is 25.2 Å². The van der Waals surface area contributed by atoms with E-state index in [9.17, 15) is 4.79 Å². The number of rotatable bonds is 5. The Morgan fingerprint density at radius 3 is 3.17 bits per heavy atom. The number of nitrogen functional groups attached to an aromatic ring is 1. The quantitative estimate of drug-likeness (QED) is 0.464. The Bertz CT molecular complexity index is 403. The van der Waals surface area contributed by atoms with Gasteiger partial charge in [0.2, 0.25) is 0 Å². The average Bonchev–Trinajstić information content (AvgIpc) is 2.91. The number of hydrogen-bond donors (Lipinski definition) is 2. The van der Waals surface area contributed by atoms with Crippen LogP contribution in [0.3, 0.4) is 0 Å². The van der Waals surface area contributed by atoms with Crippen molar-refractivity contribution in [1.82, 2.24) is 5.43 Å². The molecule has 1 aromatic carbocycles. The van der Waals surface area contributed by atoms with Gasteiger partial charge in [-0.15, -0.1) is 0 Å². The monoisotopic (exact) mass is 250 g/mol. The van der Waals surface area contributed by atoms with Crippen LogP contribution in [-0.2, 0) is 16.1 Å². The van der Waals surface area contributed by atoms with E-state index in [0.29, 0.717) is 18.8 Å². The van der Waals surface area contributed by atoms with Crippen molar-refractivity contribution in [2.75, 3.05) is 13.2 Å². The number of ether oxygens (including phenoxy) is 2. The number of nitrogens with two attached hydrogens (primary N) is 1. The van der Waals surface area contributed by atoms with Gasteiger partial charge in [-0.25, -0.2) is 5.84 Å². The van der Waals surface area contributed by atoms with Crippen LogP contribution in [0.4, 0.5) is 0 Å². The first-order chi connectivity index (χ1) is 8.79. The van der Waals surface area contributed by atoms with E-state index in [2.05, 4.69) is 5.43 Å². The van der Waals surface area contributed by atoms with Crippen molar-refractivity contribution in [2.24, 2.45) is 5.84 Å². The lowest BCUT2D eigenvalue weighted by atomic mass is 10.1. The highest BCUT2D eigenvalue weighted by molar-refractivity contribution is 5.93. The second-order valence-electron chi connectivity index (χ2n) is 4.32. The summed E-state index contributed by atoms with van der Waals surface area (Å²) in [4.78, 5) is 11.4. The lowest BCUT2D eigenvalue weighted by Crippen LogP contribution is -2.30. The summed E-state index contributed by atoms with van der Waals surface area (Å²) in [6.45, 7) is 1.92. The first-order valence-electron chi connectivity index (χ1n) is 6.09. The highest BCUT2D eigenvalue weighted by Crippen LogP contribution is 2.13. The summed E-state index contributed by atoms with van der Waals surface area (Å²) in [5.41, 5.74) is 3.60. The first-order valence-corrected chi connectivity index (χ1v) is 6.09. The van der Waals surface area contributed by atoms with Gasteiger partial charge in [0.1, 0.15) is 0 Å². The molecular weight excluding hydrogens is 232 g/mol. The van der Waals surface area contributed by atoms with Crippen molar-refractivity contribution in [3.63, 3.8) is 0 Å². The maximum absolute atomic E-state index is 11.4. The summed E-state index contributed by atoms with van der Waals surface area (Å²) in [6.07, 6.45) is 2.40. The maximum atomic E-state index is 11.4. The third-order valence-corrected chi connectivity index (χ3v) is 2.92. The minimum Gasteiger partial charge on any atom is -0.376 e. The molecule has 0 saturated carbocycles. The van der Waals surface area contributed by atoms with Gasteiger partial charge in [-0.3, -0.25) is 10.2 Å². The molecule has 1 unspecified atom stereocenters. The summed E-state index contributed by atoms with van der Waals surface area (Å²) < 4.78 is 11.0. The number of hydrogen-bond acceptors (Lipinski definition) is 4. The Morgan fingerprint density at radius 2 is 2.44 bits per heavy atom. The Hall–Kier alpha value is -1.43. The molecule has 2 rings (SSSR count). The SMILES string of the molecule is NNC(=O)c1cccc(COCC2CCCO2)c1. The molecule has 0 bridgehead atoms. The molecule has 5 nitrogen and oxygen atoms in total. The van der Waals surface area contributed by atoms with Gasteiger partial charge in [0.05, 0.1) is 19.3 Å². The van der Waals surface area contributed by atoms with Gasteiger partial charge in [-0.2, -0.15) is 0 Å². The molecule has 1 atom stereocenters. The van der Waals surface area contributed by atoms with Crippen LogP contribution in [0.2, 0.25) is 0 Å². The Kier molecular flexibility index (Phi) is 4.69.